The zero-order valence-electron chi connectivity index (χ0n) is 10.1. The van der Waals surface area contributed by atoms with Crippen LogP contribution in [0.25, 0.3) is 0 Å². The largest absolute Gasteiger partial charge is 0.385 e. The molecule has 6 heteroatoms. The van der Waals surface area contributed by atoms with Crippen LogP contribution in [0.15, 0.2) is 6.20 Å². The summed E-state index contributed by atoms with van der Waals surface area (Å²) in [6.45, 7) is 2.81. The molecule has 0 radical (unpaired) electrons. The van der Waals surface area contributed by atoms with Crippen molar-refractivity contribution in [3.05, 3.63) is 11.8 Å². The van der Waals surface area contributed by atoms with Gasteiger partial charge in [0.1, 0.15) is 5.82 Å². The van der Waals surface area contributed by atoms with Crippen LogP contribution in [0.4, 0.5) is 5.82 Å². The van der Waals surface area contributed by atoms with Crippen LogP contribution in [-0.2, 0) is 11.8 Å². The summed E-state index contributed by atoms with van der Waals surface area (Å²) in [5, 5.41) is 4.11. The minimum absolute atomic E-state index is 0.00356. The number of anilines is 1. The van der Waals surface area contributed by atoms with E-state index in [1.165, 1.54) is 0 Å². The fraction of sp³-hybridized carbons (Fsp3) is 0.700. The van der Waals surface area contributed by atoms with E-state index in [1.807, 2.05) is 7.05 Å². The molecular formula is C10H21N5O. The predicted molar refractivity (Wildman–Crippen MR) is 63.3 cm³/mol. The first-order chi connectivity index (χ1) is 7.61. The molecule has 2 atom stereocenters. The van der Waals surface area contributed by atoms with Crippen LogP contribution in [0.2, 0.25) is 0 Å². The molecule has 0 fully saturated rings. The van der Waals surface area contributed by atoms with Crippen molar-refractivity contribution >= 4 is 5.82 Å². The Morgan fingerprint density at radius 3 is 2.75 bits per heavy atom. The molecule has 0 amide bonds. The van der Waals surface area contributed by atoms with Crippen LogP contribution >= 0.6 is 0 Å². The molecule has 6 nitrogen and oxygen atoms in total. The van der Waals surface area contributed by atoms with Gasteiger partial charge in [-0.25, -0.2) is 0 Å². The molecular weight excluding hydrogens is 206 g/mol. The third-order valence-corrected chi connectivity index (χ3v) is 2.88. The number of aromatic nitrogens is 2. The summed E-state index contributed by atoms with van der Waals surface area (Å²) in [7, 11) is 3.50. The van der Waals surface area contributed by atoms with Gasteiger partial charge in [-0.05, 0) is 12.3 Å². The fourth-order valence-corrected chi connectivity index (χ4v) is 1.73. The number of hydrazine groups is 1. The van der Waals surface area contributed by atoms with Crippen molar-refractivity contribution in [2.24, 2.45) is 18.8 Å². The summed E-state index contributed by atoms with van der Waals surface area (Å²) in [6.07, 6.45) is 2.67. The van der Waals surface area contributed by atoms with Crippen molar-refractivity contribution in [1.82, 2.24) is 15.2 Å². The number of rotatable bonds is 6. The van der Waals surface area contributed by atoms with Crippen LogP contribution in [0.1, 0.15) is 24.9 Å². The van der Waals surface area contributed by atoms with Crippen LogP contribution in [-0.4, -0.2) is 23.5 Å². The Bertz CT molecular complexity index is 325. The summed E-state index contributed by atoms with van der Waals surface area (Å²) in [4.78, 5) is 0. The van der Waals surface area contributed by atoms with E-state index in [1.54, 1.807) is 18.0 Å². The van der Waals surface area contributed by atoms with Gasteiger partial charge >= 0.3 is 0 Å². The SMILES string of the molecule is COCCC(C)C(NN)c1cnn(C)c1N. The number of nitrogen functional groups attached to an aromatic ring is 1. The van der Waals surface area contributed by atoms with Crippen LogP contribution in [0.5, 0.6) is 0 Å². The first-order valence-electron chi connectivity index (χ1n) is 5.34. The minimum atomic E-state index is 0.00356. The van der Waals surface area contributed by atoms with Crippen LogP contribution < -0.4 is 17.0 Å². The zero-order chi connectivity index (χ0) is 12.1. The van der Waals surface area contributed by atoms with E-state index >= 15 is 0 Å². The molecule has 1 rings (SSSR count). The molecule has 1 aromatic rings. The topological polar surface area (TPSA) is 91.1 Å². The third kappa shape index (κ3) is 2.72. The summed E-state index contributed by atoms with van der Waals surface area (Å²) >= 11 is 0. The molecule has 1 heterocycles. The number of hydrogen-bond acceptors (Lipinski definition) is 5. The van der Waals surface area contributed by atoms with E-state index < -0.39 is 0 Å². The fourth-order valence-electron chi connectivity index (χ4n) is 1.73. The van der Waals surface area contributed by atoms with E-state index in [0.717, 1.165) is 12.0 Å². The molecule has 0 saturated heterocycles. The monoisotopic (exact) mass is 227 g/mol. The quantitative estimate of drug-likeness (QED) is 0.476. The van der Waals surface area contributed by atoms with Gasteiger partial charge in [0.15, 0.2) is 0 Å². The molecule has 16 heavy (non-hydrogen) atoms. The second kappa shape index (κ2) is 5.83. The van der Waals surface area contributed by atoms with Gasteiger partial charge in [-0.15, -0.1) is 0 Å². The van der Waals surface area contributed by atoms with Gasteiger partial charge in [-0.2, -0.15) is 5.10 Å². The Hall–Kier alpha value is -1.11. The first-order valence-corrected chi connectivity index (χ1v) is 5.34. The molecule has 0 aliphatic rings. The first kappa shape index (κ1) is 13.0. The standard InChI is InChI=1S/C10H21N5O/c1-7(4-5-16-3)9(14-12)8-6-13-15(2)10(8)11/h6-7,9,14H,4-5,11-12H2,1-3H3. The molecule has 1 aromatic heterocycles. The smallest absolute Gasteiger partial charge is 0.126 e. The highest BCUT2D eigenvalue weighted by atomic mass is 16.5. The van der Waals surface area contributed by atoms with Crippen LogP contribution in [0, 0.1) is 5.92 Å². The van der Waals surface area contributed by atoms with Crippen molar-refractivity contribution in [3.8, 4) is 0 Å². The third-order valence-electron chi connectivity index (χ3n) is 2.88. The average molecular weight is 227 g/mol. The number of nitrogens with two attached hydrogens (primary N) is 2. The Kier molecular flexibility index (Phi) is 4.72. The van der Waals surface area contributed by atoms with Gasteiger partial charge in [0.05, 0.1) is 12.2 Å². The second-order valence-corrected chi connectivity index (χ2v) is 4.01. The molecule has 0 bridgehead atoms. The van der Waals surface area contributed by atoms with Gasteiger partial charge in [-0.3, -0.25) is 16.0 Å². The Morgan fingerprint density at radius 2 is 2.31 bits per heavy atom. The molecule has 5 N–H and O–H groups in total. The molecule has 0 spiro atoms. The molecule has 0 aliphatic carbocycles. The number of hydrogen-bond donors (Lipinski definition) is 3. The number of aryl methyl sites for hydroxylation is 1. The molecule has 0 aromatic carbocycles. The predicted octanol–water partition coefficient (Wildman–Crippen LogP) is 0.179. The van der Waals surface area contributed by atoms with Crippen molar-refractivity contribution in [3.63, 3.8) is 0 Å². The number of ether oxygens (including phenoxy) is 1. The minimum Gasteiger partial charge on any atom is -0.385 e. The molecule has 92 valence electrons. The maximum atomic E-state index is 5.92. The average Bonchev–Trinajstić information content (AvgIpc) is 2.59. The highest BCUT2D eigenvalue weighted by Crippen LogP contribution is 2.27. The van der Waals surface area contributed by atoms with Crippen molar-refractivity contribution in [1.29, 1.82) is 0 Å². The number of methoxy groups -OCH3 is 1. The number of nitrogens with one attached hydrogen (secondary N) is 1. The lowest BCUT2D eigenvalue weighted by Gasteiger charge is -2.22. The Balaban J connectivity index is 2.77. The summed E-state index contributed by atoms with van der Waals surface area (Å²) in [5.74, 6) is 6.55. The maximum absolute atomic E-state index is 5.92. The normalized spacial score (nSPS) is 15.0. The van der Waals surface area contributed by atoms with Gasteiger partial charge in [0.25, 0.3) is 0 Å². The summed E-state index contributed by atoms with van der Waals surface area (Å²) in [5.41, 5.74) is 9.65. The van der Waals surface area contributed by atoms with E-state index in [0.29, 0.717) is 18.3 Å². The Labute approximate surface area is 95.9 Å². The highest BCUT2D eigenvalue weighted by Gasteiger charge is 2.22. The van der Waals surface area contributed by atoms with Gasteiger partial charge in [0.2, 0.25) is 0 Å². The van der Waals surface area contributed by atoms with Crippen molar-refractivity contribution < 1.29 is 4.74 Å². The lowest BCUT2D eigenvalue weighted by molar-refractivity contribution is 0.170. The van der Waals surface area contributed by atoms with E-state index in [9.17, 15) is 0 Å². The zero-order valence-corrected chi connectivity index (χ0v) is 10.1. The molecule has 2 unspecified atom stereocenters. The van der Waals surface area contributed by atoms with E-state index in [4.69, 9.17) is 16.3 Å². The summed E-state index contributed by atoms with van der Waals surface area (Å²) in [6, 6.07) is 0.00356. The lowest BCUT2D eigenvalue weighted by Crippen LogP contribution is -2.33. The van der Waals surface area contributed by atoms with Gasteiger partial charge in [-0.1, -0.05) is 6.92 Å². The highest BCUT2D eigenvalue weighted by molar-refractivity contribution is 5.40. The Morgan fingerprint density at radius 1 is 1.62 bits per heavy atom. The van der Waals surface area contributed by atoms with Crippen LogP contribution in [0.3, 0.4) is 0 Å². The molecule has 0 saturated carbocycles. The lowest BCUT2D eigenvalue weighted by atomic mass is 9.94. The van der Waals surface area contributed by atoms with Gasteiger partial charge in [0, 0.05) is 26.3 Å². The number of nitrogens with zero attached hydrogens (tertiary/aromatic N) is 2. The maximum Gasteiger partial charge on any atom is 0.126 e. The van der Waals surface area contributed by atoms with Crippen molar-refractivity contribution in [2.45, 2.75) is 19.4 Å². The van der Waals surface area contributed by atoms with Gasteiger partial charge < -0.3 is 10.5 Å². The van der Waals surface area contributed by atoms with E-state index in [-0.39, 0.29) is 6.04 Å². The second-order valence-electron chi connectivity index (χ2n) is 4.01. The summed E-state index contributed by atoms with van der Waals surface area (Å²) < 4.78 is 6.70. The molecule has 0 aliphatic heterocycles. The van der Waals surface area contributed by atoms with Crippen molar-refractivity contribution in [2.75, 3.05) is 19.5 Å². The van der Waals surface area contributed by atoms with E-state index in [2.05, 4.69) is 17.4 Å².